The van der Waals surface area contributed by atoms with Gasteiger partial charge in [0.2, 0.25) is 0 Å². The highest BCUT2D eigenvalue weighted by Gasteiger charge is 2.28. The molecule has 0 bridgehead atoms. The van der Waals surface area contributed by atoms with Gasteiger partial charge in [-0.1, -0.05) is 5.16 Å². The fourth-order valence-corrected chi connectivity index (χ4v) is 3.13. The number of aryl methyl sites for hydroxylation is 2. The van der Waals surface area contributed by atoms with E-state index in [1.54, 1.807) is 6.33 Å². The summed E-state index contributed by atoms with van der Waals surface area (Å²) >= 11 is 0. The van der Waals surface area contributed by atoms with Gasteiger partial charge in [-0.2, -0.15) is 4.98 Å². The number of nitrogens with zero attached hydrogens (tertiary/aromatic N) is 4. The molecule has 0 radical (unpaired) electrons. The monoisotopic (exact) mass is 380 g/mol. The van der Waals surface area contributed by atoms with E-state index in [2.05, 4.69) is 20.1 Å². The Balaban J connectivity index is 1.65. The molecule has 0 amide bonds. The first-order chi connectivity index (χ1) is 13.5. The maximum absolute atomic E-state index is 6.09. The minimum Gasteiger partial charge on any atom is -0.491 e. The van der Waals surface area contributed by atoms with E-state index in [0.717, 1.165) is 46.9 Å². The van der Waals surface area contributed by atoms with Crippen LogP contribution in [-0.2, 0) is 6.61 Å². The standard InChI is InChI=1S/C21H24N4O3/c1-12(2)27-16-7-8-17(20-13(3)22-11-23-14(20)4)18(9-16)26-10-19-24-21(25-28-19)15-5-6-15/h7-9,11-12,15H,5-6,10H2,1-4H3. The molecule has 0 spiro atoms. The summed E-state index contributed by atoms with van der Waals surface area (Å²) in [5.41, 5.74) is 3.65. The summed E-state index contributed by atoms with van der Waals surface area (Å²) in [6.45, 7) is 8.11. The first-order valence-electron chi connectivity index (χ1n) is 9.56. The zero-order valence-electron chi connectivity index (χ0n) is 16.6. The molecule has 1 aliphatic rings. The Morgan fingerprint density at radius 3 is 2.57 bits per heavy atom. The van der Waals surface area contributed by atoms with Gasteiger partial charge in [-0.3, -0.25) is 0 Å². The molecule has 0 saturated heterocycles. The van der Waals surface area contributed by atoms with Gasteiger partial charge in [-0.25, -0.2) is 9.97 Å². The molecule has 7 heteroatoms. The molecule has 4 rings (SSSR count). The van der Waals surface area contributed by atoms with E-state index < -0.39 is 0 Å². The van der Waals surface area contributed by atoms with Gasteiger partial charge in [0.25, 0.3) is 5.89 Å². The highest BCUT2D eigenvalue weighted by molar-refractivity contribution is 5.74. The van der Waals surface area contributed by atoms with Gasteiger partial charge in [0, 0.05) is 34.5 Å². The SMILES string of the molecule is Cc1ncnc(C)c1-c1ccc(OC(C)C)cc1OCc1nc(C2CC2)no1. The fourth-order valence-electron chi connectivity index (χ4n) is 3.13. The number of benzene rings is 1. The van der Waals surface area contributed by atoms with Crippen LogP contribution < -0.4 is 9.47 Å². The van der Waals surface area contributed by atoms with Crippen molar-refractivity contribution >= 4 is 0 Å². The molecule has 146 valence electrons. The molecule has 28 heavy (non-hydrogen) atoms. The van der Waals surface area contributed by atoms with Crippen LogP contribution in [0.5, 0.6) is 11.5 Å². The van der Waals surface area contributed by atoms with Crippen LogP contribution in [0.3, 0.4) is 0 Å². The number of hydrogen-bond acceptors (Lipinski definition) is 7. The lowest BCUT2D eigenvalue weighted by Crippen LogP contribution is -2.06. The van der Waals surface area contributed by atoms with Crippen molar-refractivity contribution in [3.8, 4) is 22.6 Å². The van der Waals surface area contributed by atoms with Gasteiger partial charge >= 0.3 is 0 Å². The highest BCUT2D eigenvalue weighted by atomic mass is 16.5. The molecule has 1 aromatic carbocycles. The Kier molecular flexibility index (Phi) is 4.98. The lowest BCUT2D eigenvalue weighted by Gasteiger charge is -2.16. The summed E-state index contributed by atoms with van der Waals surface area (Å²) in [5.74, 6) is 3.11. The van der Waals surface area contributed by atoms with E-state index in [0.29, 0.717) is 17.6 Å². The van der Waals surface area contributed by atoms with Crippen molar-refractivity contribution < 1.29 is 14.0 Å². The van der Waals surface area contributed by atoms with Gasteiger partial charge < -0.3 is 14.0 Å². The van der Waals surface area contributed by atoms with E-state index in [1.165, 1.54) is 0 Å². The van der Waals surface area contributed by atoms with Gasteiger partial charge in [0.15, 0.2) is 12.4 Å². The number of aromatic nitrogens is 4. The maximum atomic E-state index is 6.09. The van der Waals surface area contributed by atoms with E-state index in [9.17, 15) is 0 Å². The lowest BCUT2D eigenvalue weighted by atomic mass is 10.0. The molecule has 1 fully saturated rings. The Hall–Kier alpha value is -2.96. The normalized spacial score (nSPS) is 13.8. The summed E-state index contributed by atoms with van der Waals surface area (Å²) in [6.07, 6.45) is 3.90. The minimum atomic E-state index is 0.0688. The second-order valence-corrected chi connectivity index (χ2v) is 7.35. The quantitative estimate of drug-likeness (QED) is 0.601. The van der Waals surface area contributed by atoms with E-state index >= 15 is 0 Å². The van der Waals surface area contributed by atoms with Gasteiger partial charge in [-0.05, 0) is 52.7 Å². The van der Waals surface area contributed by atoms with Crippen LogP contribution in [0.25, 0.3) is 11.1 Å². The topological polar surface area (TPSA) is 83.2 Å². The average Bonchev–Trinajstić information content (AvgIpc) is 3.39. The Morgan fingerprint density at radius 1 is 1.14 bits per heavy atom. The number of ether oxygens (including phenoxy) is 2. The first kappa shape index (κ1) is 18.4. The summed E-state index contributed by atoms with van der Waals surface area (Å²) in [6, 6.07) is 5.81. The molecule has 0 aliphatic heterocycles. The molecular weight excluding hydrogens is 356 g/mol. The van der Waals surface area contributed by atoms with Gasteiger partial charge in [0.05, 0.1) is 6.10 Å². The Morgan fingerprint density at radius 2 is 1.89 bits per heavy atom. The van der Waals surface area contributed by atoms with Crippen LogP contribution in [0.4, 0.5) is 0 Å². The number of hydrogen-bond donors (Lipinski definition) is 0. The van der Waals surface area contributed by atoms with Crippen LogP contribution in [-0.4, -0.2) is 26.2 Å². The molecular formula is C21H24N4O3. The van der Waals surface area contributed by atoms with Crippen LogP contribution in [0.2, 0.25) is 0 Å². The Labute approximate surface area is 164 Å². The molecule has 0 N–H and O–H groups in total. The summed E-state index contributed by atoms with van der Waals surface area (Å²) in [5, 5.41) is 4.05. The van der Waals surface area contributed by atoms with Crippen molar-refractivity contribution in [1.82, 2.24) is 20.1 Å². The average molecular weight is 380 g/mol. The van der Waals surface area contributed by atoms with E-state index in [4.69, 9.17) is 14.0 Å². The number of rotatable bonds is 7. The second kappa shape index (κ2) is 7.58. The van der Waals surface area contributed by atoms with Crippen molar-refractivity contribution in [3.05, 3.63) is 47.6 Å². The van der Waals surface area contributed by atoms with Crippen LogP contribution in [0.15, 0.2) is 29.0 Å². The van der Waals surface area contributed by atoms with Crippen LogP contribution in [0, 0.1) is 13.8 Å². The fraction of sp³-hybridized carbons (Fsp3) is 0.429. The summed E-state index contributed by atoms with van der Waals surface area (Å²) in [7, 11) is 0. The van der Waals surface area contributed by atoms with Crippen LogP contribution >= 0.6 is 0 Å². The third-order valence-corrected chi connectivity index (χ3v) is 4.60. The predicted molar refractivity (Wildman–Crippen MR) is 103 cm³/mol. The van der Waals surface area contributed by atoms with Crippen molar-refractivity contribution in [2.24, 2.45) is 0 Å². The predicted octanol–water partition coefficient (Wildman–Crippen LogP) is 4.39. The van der Waals surface area contributed by atoms with E-state index in [-0.39, 0.29) is 12.7 Å². The van der Waals surface area contributed by atoms with Gasteiger partial charge in [-0.15, -0.1) is 0 Å². The molecule has 1 saturated carbocycles. The summed E-state index contributed by atoms with van der Waals surface area (Å²) in [4.78, 5) is 13.1. The molecule has 2 heterocycles. The molecule has 1 aliphatic carbocycles. The van der Waals surface area contributed by atoms with Gasteiger partial charge in [0.1, 0.15) is 17.8 Å². The lowest BCUT2D eigenvalue weighted by molar-refractivity contribution is 0.231. The molecule has 2 aromatic heterocycles. The molecule has 0 unspecified atom stereocenters. The van der Waals surface area contributed by atoms with E-state index in [1.807, 2.05) is 45.9 Å². The first-order valence-corrected chi connectivity index (χ1v) is 9.56. The van der Waals surface area contributed by atoms with Crippen LogP contribution in [0.1, 0.15) is 55.7 Å². The minimum absolute atomic E-state index is 0.0688. The van der Waals surface area contributed by atoms with Crippen molar-refractivity contribution in [1.29, 1.82) is 0 Å². The zero-order valence-corrected chi connectivity index (χ0v) is 16.6. The zero-order chi connectivity index (χ0) is 19.7. The van der Waals surface area contributed by atoms with Crippen molar-refractivity contribution in [2.75, 3.05) is 0 Å². The third kappa shape index (κ3) is 3.98. The second-order valence-electron chi connectivity index (χ2n) is 7.35. The maximum Gasteiger partial charge on any atom is 0.264 e. The largest absolute Gasteiger partial charge is 0.491 e. The molecule has 3 aromatic rings. The summed E-state index contributed by atoms with van der Waals surface area (Å²) < 4.78 is 17.3. The Bertz CT molecular complexity index is 959. The highest BCUT2D eigenvalue weighted by Crippen LogP contribution is 2.39. The smallest absolute Gasteiger partial charge is 0.264 e. The third-order valence-electron chi connectivity index (χ3n) is 4.60. The molecule has 0 atom stereocenters. The van der Waals surface area contributed by atoms with Crippen molar-refractivity contribution in [2.45, 2.75) is 59.2 Å². The molecule has 7 nitrogen and oxygen atoms in total. The van der Waals surface area contributed by atoms with Crippen molar-refractivity contribution in [3.63, 3.8) is 0 Å².